The summed E-state index contributed by atoms with van der Waals surface area (Å²) in [5.41, 5.74) is 3.12. The highest BCUT2D eigenvalue weighted by molar-refractivity contribution is 5.84. The number of piperidine rings is 2. The lowest BCUT2D eigenvalue weighted by Crippen LogP contribution is -2.43. The quantitative estimate of drug-likeness (QED) is 0.803. The number of rotatable bonds is 3. The standard InChI is InChI=1S/C23H29N5O/c1-16-11-19(20-4-3-18(13-24)22-23(20)26-8-7-25-22)15-28(14-16)21(29)12-17-5-9-27(2)10-6-17/h3-4,7-8,16-17,19H,5-6,9-12,14-15H2,1-2H3/t16-,19+/m0/s1. The maximum atomic E-state index is 13.1. The molecular formula is C23H29N5O. The Balaban J connectivity index is 1.53. The normalized spacial score (nSPS) is 23.8. The zero-order valence-electron chi connectivity index (χ0n) is 17.3. The van der Waals surface area contributed by atoms with Crippen LogP contribution in [-0.2, 0) is 4.79 Å². The van der Waals surface area contributed by atoms with E-state index < -0.39 is 0 Å². The minimum Gasteiger partial charge on any atom is -0.342 e. The van der Waals surface area contributed by atoms with Crippen LogP contribution in [-0.4, -0.2) is 58.9 Å². The summed E-state index contributed by atoms with van der Waals surface area (Å²) in [5.74, 6) is 1.47. The van der Waals surface area contributed by atoms with Crippen LogP contribution in [0.4, 0.5) is 0 Å². The van der Waals surface area contributed by atoms with Crippen LogP contribution in [0.15, 0.2) is 24.5 Å². The lowest BCUT2D eigenvalue weighted by atomic mass is 9.83. The molecule has 2 aliphatic heterocycles. The molecule has 152 valence electrons. The van der Waals surface area contributed by atoms with E-state index in [9.17, 15) is 10.1 Å². The maximum Gasteiger partial charge on any atom is 0.222 e. The Labute approximate surface area is 172 Å². The summed E-state index contributed by atoms with van der Waals surface area (Å²) in [6, 6.07) is 6.07. The number of hydrogen-bond acceptors (Lipinski definition) is 5. The Bertz CT molecular complexity index is 929. The van der Waals surface area contributed by atoms with Crippen LogP contribution in [0, 0.1) is 23.2 Å². The van der Waals surface area contributed by atoms with E-state index in [1.165, 1.54) is 0 Å². The first-order chi connectivity index (χ1) is 14.0. The van der Waals surface area contributed by atoms with Gasteiger partial charge in [-0.15, -0.1) is 0 Å². The van der Waals surface area contributed by atoms with Crippen LogP contribution in [0.3, 0.4) is 0 Å². The molecule has 0 radical (unpaired) electrons. The van der Waals surface area contributed by atoms with Crippen molar-refractivity contribution < 1.29 is 4.79 Å². The van der Waals surface area contributed by atoms with E-state index in [1.807, 2.05) is 12.1 Å². The lowest BCUT2D eigenvalue weighted by Gasteiger charge is -2.38. The molecule has 1 aromatic carbocycles. The van der Waals surface area contributed by atoms with Gasteiger partial charge >= 0.3 is 0 Å². The molecule has 0 N–H and O–H groups in total. The van der Waals surface area contributed by atoms with Gasteiger partial charge < -0.3 is 9.80 Å². The summed E-state index contributed by atoms with van der Waals surface area (Å²) in [5, 5.41) is 9.39. The molecule has 1 aromatic heterocycles. The molecule has 3 heterocycles. The number of carbonyl (C=O) groups excluding carboxylic acids is 1. The smallest absolute Gasteiger partial charge is 0.222 e. The van der Waals surface area contributed by atoms with Crippen molar-refractivity contribution in [3.05, 3.63) is 35.7 Å². The summed E-state index contributed by atoms with van der Waals surface area (Å²) in [6.07, 6.45) is 7.24. The summed E-state index contributed by atoms with van der Waals surface area (Å²) < 4.78 is 0. The van der Waals surface area contributed by atoms with Gasteiger partial charge in [0.2, 0.25) is 5.91 Å². The molecule has 2 saturated heterocycles. The zero-order valence-corrected chi connectivity index (χ0v) is 17.3. The van der Waals surface area contributed by atoms with Crippen molar-refractivity contribution in [2.75, 3.05) is 33.2 Å². The van der Waals surface area contributed by atoms with Crippen molar-refractivity contribution in [2.45, 2.75) is 38.5 Å². The monoisotopic (exact) mass is 391 g/mol. The molecule has 0 spiro atoms. The van der Waals surface area contributed by atoms with Gasteiger partial charge in [-0.05, 0) is 62.9 Å². The van der Waals surface area contributed by atoms with E-state index in [1.54, 1.807) is 12.4 Å². The largest absolute Gasteiger partial charge is 0.342 e. The second kappa shape index (κ2) is 8.46. The molecule has 4 rings (SSSR count). The average Bonchev–Trinajstić information content (AvgIpc) is 2.74. The van der Waals surface area contributed by atoms with Crippen molar-refractivity contribution in [1.82, 2.24) is 19.8 Å². The molecule has 0 saturated carbocycles. The fourth-order valence-corrected chi connectivity index (χ4v) is 4.92. The van der Waals surface area contributed by atoms with Gasteiger partial charge in [-0.3, -0.25) is 14.8 Å². The van der Waals surface area contributed by atoms with E-state index in [-0.39, 0.29) is 5.92 Å². The van der Waals surface area contributed by atoms with Crippen LogP contribution in [0.5, 0.6) is 0 Å². The minimum absolute atomic E-state index is 0.229. The first kappa shape index (κ1) is 19.8. The summed E-state index contributed by atoms with van der Waals surface area (Å²) in [6.45, 7) is 5.97. The van der Waals surface area contributed by atoms with Crippen LogP contribution in [0.1, 0.15) is 49.7 Å². The Morgan fingerprint density at radius 2 is 1.90 bits per heavy atom. The molecule has 2 aliphatic rings. The molecule has 2 aromatic rings. The number of aromatic nitrogens is 2. The van der Waals surface area contributed by atoms with Crippen LogP contribution in [0.2, 0.25) is 0 Å². The van der Waals surface area contributed by atoms with E-state index >= 15 is 0 Å². The van der Waals surface area contributed by atoms with E-state index in [4.69, 9.17) is 0 Å². The predicted molar refractivity (Wildman–Crippen MR) is 112 cm³/mol. The van der Waals surface area contributed by atoms with Crippen LogP contribution in [0.25, 0.3) is 11.0 Å². The van der Waals surface area contributed by atoms with Crippen LogP contribution >= 0.6 is 0 Å². The van der Waals surface area contributed by atoms with Gasteiger partial charge in [0.1, 0.15) is 11.6 Å². The Morgan fingerprint density at radius 3 is 2.62 bits per heavy atom. The van der Waals surface area contributed by atoms with Gasteiger partial charge in [0.25, 0.3) is 0 Å². The third kappa shape index (κ3) is 4.25. The Kier molecular flexibility index (Phi) is 5.77. The average molecular weight is 392 g/mol. The van der Waals surface area contributed by atoms with Gasteiger partial charge in [0.05, 0.1) is 11.1 Å². The van der Waals surface area contributed by atoms with Crippen molar-refractivity contribution in [3.63, 3.8) is 0 Å². The SMILES string of the molecule is C[C@H]1C[C@@H](c2ccc(C#N)c3nccnc23)CN(C(=O)CC2CCN(C)CC2)C1. The fraction of sp³-hybridized carbons (Fsp3) is 0.565. The van der Waals surface area contributed by atoms with Gasteiger partial charge in [0.15, 0.2) is 0 Å². The van der Waals surface area contributed by atoms with Crippen LogP contribution < -0.4 is 0 Å². The molecule has 6 nitrogen and oxygen atoms in total. The number of carbonyl (C=O) groups is 1. The van der Waals surface area contributed by atoms with Crippen molar-refractivity contribution in [3.8, 4) is 6.07 Å². The van der Waals surface area contributed by atoms with Gasteiger partial charge in [-0.25, -0.2) is 0 Å². The minimum atomic E-state index is 0.229. The molecule has 0 aliphatic carbocycles. The molecule has 0 bridgehead atoms. The number of nitrogens with zero attached hydrogens (tertiary/aromatic N) is 5. The highest BCUT2D eigenvalue weighted by Crippen LogP contribution is 2.34. The maximum absolute atomic E-state index is 13.1. The molecular weight excluding hydrogens is 362 g/mol. The number of likely N-dealkylation sites (tertiary alicyclic amines) is 2. The topological polar surface area (TPSA) is 73.1 Å². The summed E-state index contributed by atoms with van der Waals surface area (Å²) in [4.78, 5) is 26.4. The van der Waals surface area contributed by atoms with Crippen molar-refractivity contribution in [2.24, 2.45) is 11.8 Å². The first-order valence-electron chi connectivity index (χ1n) is 10.6. The van der Waals surface area contributed by atoms with Gasteiger partial charge in [-0.2, -0.15) is 5.26 Å². The third-order valence-electron chi connectivity index (χ3n) is 6.53. The first-order valence-corrected chi connectivity index (χ1v) is 10.6. The van der Waals surface area contributed by atoms with E-state index in [0.717, 1.165) is 56.5 Å². The number of hydrogen-bond donors (Lipinski definition) is 0. The number of nitriles is 1. The van der Waals surface area contributed by atoms with Crippen molar-refractivity contribution in [1.29, 1.82) is 5.26 Å². The zero-order chi connectivity index (χ0) is 20.4. The molecule has 1 amide bonds. The fourth-order valence-electron chi connectivity index (χ4n) is 4.92. The highest BCUT2D eigenvalue weighted by atomic mass is 16.2. The molecule has 0 unspecified atom stereocenters. The van der Waals surface area contributed by atoms with Gasteiger partial charge in [-0.1, -0.05) is 13.0 Å². The summed E-state index contributed by atoms with van der Waals surface area (Å²) >= 11 is 0. The Hall–Kier alpha value is -2.52. The Morgan fingerprint density at radius 1 is 1.17 bits per heavy atom. The van der Waals surface area contributed by atoms with Crippen molar-refractivity contribution >= 4 is 16.9 Å². The predicted octanol–water partition coefficient (Wildman–Crippen LogP) is 3.19. The van der Waals surface area contributed by atoms with E-state index in [0.29, 0.717) is 35.2 Å². The number of amides is 1. The molecule has 2 fully saturated rings. The third-order valence-corrected chi connectivity index (χ3v) is 6.53. The second-order valence-corrected chi connectivity index (χ2v) is 8.86. The highest BCUT2D eigenvalue weighted by Gasteiger charge is 2.31. The molecule has 29 heavy (non-hydrogen) atoms. The summed E-state index contributed by atoms with van der Waals surface area (Å²) in [7, 11) is 2.15. The van der Waals surface area contributed by atoms with E-state index in [2.05, 4.69) is 39.8 Å². The second-order valence-electron chi connectivity index (χ2n) is 8.86. The lowest BCUT2D eigenvalue weighted by molar-refractivity contribution is -0.134. The number of benzene rings is 1. The van der Waals surface area contributed by atoms with Gasteiger partial charge in [0, 0.05) is 37.8 Å². The molecule has 6 heteroatoms. The number of fused-ring (bicyclic) bond motifs is 1. The molecule has 2 atom stereocenters.